The summed E-state index contributed by atoms with van der Waals surface area (Å²) in [5.74, 6) is -1.04. The van der Waals surface area contributed by atoms with Crippen molar-refractivity contribution in [3.05, 3.63) is 0 Å². The summed E-state index contributed by atoms with van der Waals surface area (Å²) in [5, 5.41) is 12.1. The molecular weight excluding hydrogens is 208 g/mol. The molecule has 0 aromatic rings. The Kier molecular flexibility index (Phi) is 4.73. The average molecular weight is 228 g/mol. The summed E-state index contributed by atoms with van der Waals surface area (Å²) in [6, 6.07) is -0.914. The molecule has 0 radical (unpaired) electrons. The van der Waals surface area contributed by atoms with Gasteiger partial charge in [-0.3, -0.25) is 4.79 Å². The smallest absolute Gasteiger partial charge is 0.326 e. The predicted octanol–water partition coefficient (Wildman–Crippen LogP) is 0.450. The van der Waals surface area contributed by atoms with Crippen LogP contribution in [0.25, 0.3) is 0 Å². The van der Waals surface area contributed by atoms with Gasteiger partial charge < -0.3 is 15.3 Å². The van der Waals surface area contributed by atoms with Crippen molar-refractivity contribution in [2.75, 3.05) is 13.6 Å². The minimum Gasteiger partial charge on any atom is -0.480 e. The molecule has 1 aliphatic rings. The maximum atomic E-state index is 12.0. The van der Waals surface area contributed by atoms with Crippen molar-refractivity contribution < 1.29 is 14.7 Å². The van der Waals surface area contributed by atoms with Crippen LogP contribution < -0.4 is 5.32 Å². The number of carbonyl (C=O) groups excluding carboxylic acids is 1. The first kappa shape index (κ1) is 13.0. The quantitative estimate of drug-likeness (QED) is 0.733. The van der Waals surface area contributed by atoms with Crippen LogP contribution in [0.1, 0.15) is 32.6 Å². The third-order valence-electron chi connectivity index (χ3n) is 3.10. The highest BCUT2D eigenvalue weighted by Gasteiger charge is 2.30. The molecule has 1 saturated heterocycles. The second-order valence-corrected chi connectivity index (χ2v) is 4.21. The van der Waals surface area contributed by atoms with Crippen molar-refractivity contribution in [1.82, 2.24) is 10.2 Å². The van der Waals surface area contributed by atoms with Crippen molar-refractivity contribution in [3.63, 3.8) is 0 Å². The molecule has 1 fully saturated rings. The SMILES string of the molecule is CCC(C(=O)O)N(C)C(=O)[C@@H]1CCCCN1. The van der Waals surface area contributed by atoms with Gasteiger partial charge in [-0.05, 0) is 25.8 Å². The minimum atomic E-state index is -0.936. The number of nitrogens with one attached hydrogen (secondary N) is 1. The van der Waals surface area contributed by atoms with Crippen LogP contribution in [0.5, 0.6) is 0 Å². The van der Waals surface area contributed by atoms with E-state index >= 15 is 0 Å². The molecule has 5 heteroatoms. The van der Waals surface area contributed by atoms with Crippen LogP contribution in [0.15, 0.2) is 0 Å². The number of rotatable bonds is 4. The Morgan fingerprint density at radius 2 is 2.19 bits per heavy atom. The van der Waals surface area contributed by atoms with E-state index in [2.05, 4.69) is 5.32 Å². The highest BCUT2D eigenvalue weighted by Crippen LogP contribution is 2.12. The van der Waals surface area contributed by atoms with E-state index < -0.39 is 12.0 Å². The molecule has 0 saturated carbocycles. The maximum Gasteiger partial charge on any atom is 0.326 e. The number of carbonyl (C=O) groups is 2. The van der Waals surface area contributed by atoms with Gasteiger partial charge in [-0.15, -0.1) is 0 Å². The summed E-state index contributed by atoms with van der Waals surface area (Å²) in [7, 11) is 1.57. The van der Waals surface area contributed by atoms with E-state index in [1.807, 2.05) is 0 Å². The van der Waals surface area contributed by atoms with Crippen LogP contribution in [0, 0.1) is 0 Å². The van der Waals surface area contributed by atoms with E-state index in [0.29, 0.717) is 6.42 Å². The molecule has 0 bridgehead atoms. The second kappa shape index (κ2) is 5.84. The Morgan fingerprint density at radius 3 is 2.62 bits per heavy atom. The standard InChI is InChI=1S/C11H20N2O3/c1-3-9(11(15)16)13(2)10(14)8-6-4-5-7-12-8/h8-9,12H,3-7H2,1-2H3,(H,15,16)/t8-,9?/m0/s1. The van der Waals surface area contributed by atoms with E-state index in [-0.39, 0.29) is 11.9 Å². The van der Waals surface area contributed by atoms with Gasteiger partial charge in [-0.1, -0.05) is 13.3 Å². The molecule has 5 nitrogen and oxygen atoms in total. The fraction of sp³-hybridized carbons (Fsp3) is 0.818. The van der Waals surface area contributed by atoms with E-state index in [1.54, 1.807) is 14.0 Å². The summed E-state index contributed by atoms with van der Waals surface area (Å²) in [5.41, 5.74) is 0. The van der Waals surface area contributed by atoms with Crippen molar-refractivity contribution >= 4 is 11.9 Å². The van der Waals surface area contributed by atoms with Crippen molar-refractivity contribution in [2.24, 2.45) is 0 Å². The van der Waals surface area contributed by atoms with Crippen molar-refractivity contribution in [2.45, 2.75) is 44.7 Å². The summed E-state index contributed by atoms with van der Waals surface area (Å²) in [6.07, 6.45) is 3.36. The first-order valence-corrected chi connectivity index (χ1v) is 5.80. The zero-order chi connectivity index (χ0) is 12.1. The number of carboxylic acid groups (broad SMARTS) is 1. The Bertz CT molecular complexity index is 262. The van der Waals surface area contributed by atoms with Gasteiger partial charge in [0, 0.05) is 7.05 Å². The predicted molar refractivity (Wildman–Crippen MR) is 60.1 cm³/mol. The zero-order valence-electron chi connectivity index (χ0n) is 9.90. The van der Waals surface area contributed by atoms with Crippen LogP contribution in [0.4, 0.5) is 0 Å². The summed E-state index contributed by atoms with van der Waals surface area (Å²) in [6.45, 7) is 2.62. The Balaban J connectivity index is 2.60. The fourth-order valence-electron chi connectivity index (χ4n) is 2.08. The molecule has 0 aromatic carbocycles. The largest absolute Gasteiger partial charge is 0.480 e. The second-order valence-electron chi connectivity index (χ2n) is 4.21. The number of piperidine rings is 1. The molecule has 1 amide bonds. The van der Waals surface area contributed by atoms with Gasteiger partial charge in [-0.25, -0.2) is 4.79 Å². The Labute approximate surface area is 95.8 Å². The van der Waals surface area contributed by atoms with Crippen LogP contribution in [0.3, 0.4) is 0 Å². The highest BCUT2D eigenvalue weighted by atomic mass is 16.4. The third-order valence-corrected chi connectivity index (χ3v) is 3.10. The van der Waals surface area contributed by atoms with Crippen LogP contribution in [-0.2, 0) is 9.59 Å². The van der Waals surface area contributed by atoms with E-state index in [1.165, 1.54) is 4.90 Å². The van der Waals surface area contributed by atoms with Crippen molar-refractivity contribution in [3.8, 4) is 0 Å². The first-order valence-electron chi connectivity index (χ1n) is 5.80. The minimum absolute atomic E-state index is 0.103. The van der Waals surface area contributed by atoms with Crippen LogP contribution >= 0.6 is 0 Å². The summed E-state index contributed by atoms with van der Waals surface area (Å²) < 4.78 is 0. The van der Waals surface area contributed by atoms with Crippen LogP contribution in [-0.4, -0.2) is 47.6 Å². The van der Waals surface area contributed by atoms with Gasteiger partial charge in [0.2, 0.25) is 5.91 Å². The highest BCUT2D eigenvalue weighted by molar-refractivity contribution is 5.86. The number of amides is 1. The third kappa shape index (κ3) is 2.95. The molecule has 0 aromatic heterocycles. The molecule has 1 heterocycles. The van der Waals surface area contributed by atoms with Gasteiger partial charge in [0.25, 0.3) is 0 Å². The number of hydrogen-bond donors (Lipinski definition) is 2. The van der Waals surface area contributed by atoms with Gasteiger partial charge in [0.1, 0.15) is 6.04 Å². The molecular formula is C11H20N2O3. The molecule has 1 rings (SSSR count). The molecule has 1 aliphatic heterocycles. The van der Waals surface area contributed by atoms with E-state index in [0.717, 1.165) is 25.8 Å². The Hall–Kier alpha value is -1.10. The van der Waals surface area contributed by atoms with E-state index in [9.17, 15) is 9.59 Å². The van der Waals surface area contributed by atoms with Gasteiger partial charge in [-0.2, -0.15) is 0 Å². The topological polar surface area (TPSA) is 69.6 Å². The van der Waals surface area contributed by atoms with Crippen LogP contribution in [0.2, 0.25) is 0 Å². The maximum absolute atomic E-state index is 12.0. The lowest BCUT2D eigenvalue weighted by atomic mass is 10.0. The number of aliphatic carboxylic acids is 1. The van der Waals surface area contributed by atoms with Gasteiger partial charge in [0.05, 0.1) is 6.04 Å². The molecule has 1 unspecified atom stereocenters. The summed E-state index contributed by atoms with van der Waals surface area (Å²) in [4.78, 5) is 24.3. The first-order chi connectivity index (χ1) is 7.57. The number of hydrogen-bond acceptors (Lipinski definition) is 3. The molecule has 16 heavy (non-hydrogen) atoms. The zero-order valence-corrected chi connectivity index (χ0v) is 9.90. The number of carboxylic acids is 1. The van der Waals surface area contributed by atoms with Crippen molar-refractivity contribution in [1.29, 1.82) is 0 Å². The molecule has 0 aliphatic carbocycles. The normalized spacial score (nSPS) is 22.5. The molecule has 92 valence electrons. The molecule has 2 N–H and O–H groups in total. The fourth-order valence-corrected chi connectivity index (χ4v) is 2.08. The number of nitrogens with zero attached hydrogens (tertiary/aromatic N) is 1. The lowest BCUT2D eigenvalue weighted by molar-refractivity contribution is -0.150. The lowest BCUT2D eigenvalue weighted by Crippen LogP contribution is -2.52. The monoisotopic (exact) mass is 228 g/mol. The molecule has 2 atom stereocenters. The molecule has 0 spiro atoms. The number of likely N-dealkylation sites (N-methyl/N-ethyl adjacent to an activating group) is 1. The van der Waals surface area contributed by atoms with Gasteiger partial charge in [0.15, 0.2) is 0 Å². The lowest BCUT2D eigenvalue weighted by Gasteiger charge is -2.30. The Morgan fingerprint density at radius 1 is 1.50 bits per heavy atom. The van der Waals surface area contributed by atoms with E-state index in [4.69, 9.17) is 5.11 Å². The summed E-state index contributed by atoms with van der Waals surface area (Å²) >= 11 is 0. The van der Waals surface area contributed by atoms with Gasteiger partial charge >= 0.3 is 5.97 Å². The average Bonchev–Trinajstić information content (AvgIpc) is 2.29.